The smallest absolute Gasteiger partial charge is 0.341 e. The first-order valence-electron chi connectivity index (χ1n) is 8.57. The molecule has 2 aromatic heterocycles. The number of fused-ring (bicyclic) bond motifs is 1. The molecule has 138 valence electrons. The minimum atomic E-state index is -0.441. The van der Waals surface area contributed by atoms with Crippen LogP contribution in [0.25, 0.3) is 0 Å². The summed E-state index contributed by atoms with van der Waals surface area (Å²) in [5.74, 6) is -0.625. The molecular formula is C18H20N2O4S2. The quantitative estimate of drug-likeness (QED) is 0.466. The highest BCUT2D eigenvalue weighted by molar-refractivity contribution is 7.80. The van der Waals surface area contributed by atoms with Crippen molar-refractivity contribution in [2.75, 3.05) is 11.9 Å². The fourth-order valence-electron chi connectivity index (χ4n) is 2.96. The van der Waals surface area contributed by atoms with Crippen molar-refractivity contribution < 1.29 is 18.7 Å². The number of nitrogens with one attached hydrogen (secondary N) is 2. The van der Waals surface area contributed by atoms with Gasteiger partial charge in [-0.25, -0.2) is 4.79 Å². The van der Waals surface area contributed by atoms with Gasteiger partial charge in [-0.15, -0.1) is 11.3 Å². The molecule has 0 atom stereocenters. The molecule has 1 aliphatic carbocycles. The van der Waals surface area contributed by atoms with E-state index in [9.17, 15) is 9.59 Å². The third-order valence-electron chi connectivity index (χ3n) is 4.10. The van der Waals surface area contributed by atoms with Crippen LogP contribution >= 0.6 is 23.6 Å². The van der Waals surface area contributed by atoms with Crippen LogP contribution in [0.5, 0.6) is 0 Å². The molecule has 3 rings (SSSR count). The Labute approximate surface area is 160 Å². The van der Waals surface area contributed by atoms with E-state index in [0.717, 1.165) is 37.7 Å². The molecule has 6 nitrogen and oxygen atoms in total. The van der Waals surface area contributed by atoms with Crippen molar-refractivity contribution in [3.05, 3.63) is 40.2 Å². The van der Waals surface area contributed by atoms with Gasteiger partial charge in [0.1, 0.15) is 5.00 Å². The summed E-state index contributed by atoms with van der Waals surface area (Å²) in [6, 6.07) is 3.18. The molecule has 8 heteroatoms. The van der Waals surface area contributed by atoms with Crippen LogP contribution < -0.4 is 10.6 Å². The van der Waals surface area contributed by atoms with Gasteiger partial charge >= 0.3 is 5.97 Å². The average Bonchev–Trinajstić information content (AvgIpc) is 3.18. The zero-order chi connectivity index (χ0) is 18.5. The Kier molecular flexibility index (Phi) is 6.05. The van der Waals surface area contributed by atoms with Crippen LogP contribution in [0.3, 0.4) is 0 Å². The summed E-state index contributed by atoms with van der Waals surface area (Å²) in [6.07, 6.45) is 6.53. The lowest BCUT2D eigenvalue weighted by atomic mass is 10.1. The molecule has 1 aliphatic rings. The van der Waals surface area contributed by atoms with Crippen molar-refractivity contribution in [3.8, 4) is 0 Å². The van der Waals surface area contributed by atoms with Crippen molar-refractivity contribution in [1.82, 2.24) is 5.32 Å². The Morgan fingerprint density at radius 3 is 2.85 bits per heavy atom. The van der Waals surface area contributed by atoms with E-state index in [1.807, 2.05) is 0 Å². The molecule has 0 unspecified atom stereocenters. The standard InChI is InChI=1S/C18H20N2O4S2/c1-2-23-17(22)14-11-7-4-3-5-9-13(11)26-16(14)20-18(25)19-15(21)12-8-6-10-24-12/h6,8,10H,2-5,7,9H2,1H3,(H2,19,20,21,25). The van der Waals surface area contributed by atoms with Gasteiger partial charge in [0.15, 0.2) is 10.9 Å². The number of thiocarbonyl (C=S) groups is 1. The van der Waals surface area contributed by atoms with E-state index in [1.54, 1.807) is 19.1 Å². The summed E-state index contributed by atoms with van der Waals surface area (Å²) in [5, 5.41) is 6.30. The van der Waals surface area contributed by atoms with E-state index < -0.39 is 5.91 Å². The Bertz CT molecular complexity index is 812. The van der Waals surface area contributed by atoms with Crippen LogP contribution in [0.4, 0.5) is 5.00 Å². The van der Waals surface area contributed by atoms with Gasteiger partial charge in [-0.05, 0) is 62.5 Å². The molecule has 0 fully saturated rings. The topological polar surface area (TPSA) is 80.6 Å². The van der Waals surface area contributed by atoms with Crippen molar-refractivity contribution in [2.24, 2.45) is 0 Å². The maximum absolute atomic E-state index is 12.5. The molecule has 2 N–H and O–H groups in total. The average molecular weight is 393 g/mol. The number of aryl methyl sites for hydroxylation is 1. The maximum atomic E-state index is 12.5. The second kappa shape index (κ2) is 8.46. The molecule has 0 aromatic carbocycles. The lowest BCUT2D eigenvalue weighted by Gasteiger charge is -2.10. The molecule has 0 radical (unpaired) electrons. The van der Waals surface area contributed by atoms with Crippen molar-refractivity contribution in [1.29, 1.82) is 0 Å². The van der Waals surface area contributed by atoms with Crippen LogP contribution in [0.1, 0.15) is 57.5 Å². The highest BCUT2D eigenvalue weighted by Gasteiger charge is 2.26. The maximum Gasteiger partial charge on any atom is 0.341 e. The number of carbonyl (C=O) groups excluding carboxylic acids is 2. The first-order chi connectivity index (χ1) is 12.6. The number of thiophene rings is 1. The number of amides is 1. The number of esters is 1. The van der Waals surface area contributed by atoms with Gasteiger partial charge < -0.3 is 14.5 Å². The predicted molar refractivity (Wildman–Crippen MR) is 104 cm³/mol. The van der Waals surface area contributed by atoms with Crippen molar-refractivity contribution in [2.45, 2.75) is 39.0 Å². The minimum Gasteiger partial charge on any atom is -0.462 e. The fourth-order valence-corrected chi connectivity index (χ4v) is 4.50. The Hall–Kier alpha value is -2.19. The summed E-state index contributed by atoms with van der Waals surface area (Å²) >= 11 is 6.74. The highest BCUT2D eigenvalue weighted by Crippen LogP contribution is 2.38. The van der Waals surface area contributed by atoms with Crippen LogP contribution in [0, 0.1) is 0 Å². The van der Waals surface area contributed by atoms with Gasteiger partial charge in [0.25, 0.3) is 5.91 Å². The van der Waals surface area contributed by atoms with Gasteiger partial charge in [-0.2, -0.15) is 0 Å². The summed E-state index contributed by atoms with van der Waals surface area (Å²) in [4.78, 5) is 25.7. The molecule has 0 bridgehead atoms. The molecule has 2 aromatic rings. The van der Waals surface area contributed by atoms with Gasteiger partial charge in [-0.3, -0.25) is 10.1 Å². The van der Waals surface area contributed by atoms with Crippen LogP contribution in [-0.2, 0) is 17.6 Å². The van der Waals surface area contributed by atoms with Gasteiger partial charge in [-0.1, -0.05) is 6.42 Å². The van der Waals surface area contributed by atoms with Gasteiger partial charge in [0.2, 0.25) is 0 Å². The molecule has 0 saturated heterocycles. The first kappa shape index (κ1) is 18.6. The molecule has 0 aliphatic heterocycles. The summed E-state index contributed by atoms with van der Waals surface area (Å²) in [7, 11) is 0. The number of rotatable bonds is 4. The molecular weight excluding hydrogens is 372 g/mol. The highest BCUT2D eigenvalue weighted by atomic mass is 32.1. The normalized spacial score (nSPS) is 13.4. The molecule has 2 heterocycles. The number of anilines is 1. The second-order valence-electron chi connectivity index (χ2n) is 5.87. The van der Waals surface area contributed by atoms with Crippen molar-refractivity contribution >= 4 is 45.5 Å². The Morgan fingerprint density at radius 1 is 1.31 bits per heavy atom. The van der Waals surface area contributed by atoms with E-state index in [0.29, 0.717) is 17.2 Å². The first-order valence-corrected chi connectivity index (χ1v) is 9.80. The second-order valence-corrected chi connectivity index (χ2v) is 7.39. The van der Waals surface area contributed by atoms with Crippen LogP contribution in [0.2, 0.25) is 0 Å². The third kappa shape index (κ3) is 4.13. The fraction of sp³-hybridized carbons (Fsp3) is 0.389. The minimum absolute atomic E-state index is 0.119. The number of ether oxygens (including phenoxy) is 1. The monoisotopic (exact) mass is 392 g/mol. The van der Waals surface area contributed by atoms with E-state index in [-0.39, 0.29) is 16.8 Å². The number of furan rings is 1. The number of hydrogen-bond acceptors (Lipinski definition) is 6. The molecule has 26 heavy (non-hydrogen) atoms. The lowest BCUT2D eigenvalue weighted by molar-refractivity contribution is 0.0526. The van der Waals surface area contributed by atoms with E-state index in [4.69, 9.17) is 21.4 Å². The molecule has 0 spiro atoms. The van der Waals surface area contributed by atoms with Crippen LogP contribution in [-0.4, -0.2) is 23.6 Å². The summed E-state index contributed by atoms with van der Waals surface area (Å²) in [6.45, 7) is 2.09. The largest absolute Gasteiger partial charge is 0.462 e. The van der Waals surface area contributed by atoms with E-state index in [2.05, 4.69) is 10.6 Å². The van der Waals surface area contributed by atoms with Crippen LogP contribution in [0.15, 0.2) is 22.8 Å². The molecule has 0 saturated carbocycles. The number of hydrogen-bond donors (Lipinski definition) is 2. The van der Waals surface area contributed by atoms with Gasteiger partial charge in [0.05, 0.1) is 18.4 Å². The Morgan fingerprint density at radius 2 is 2.12 bits per heavy atom. The predicted octanol–water partition coefficient (Wildman–Crippen LogP) is 3.91. The summed E-state index contributed by atoms with van der Waals surface area (Å²) < 4.78 is 10.3. The molecule has 1 amide bonds. The van der Waals surface area contributed by atoms with E-state index in [1.165, 1.54) is 22.5 Å². The lowest BCUT2D eigenvalue weighted by Crippen LogP contribution is -2.34. The third-order valence-corrected chi connectivity index (χ3v) is 5.51. The SMILES string of the molecule is CCOC(=O)c1c(NC(=S)NC(=O)c2ccco2)sc2c1CCCCC2. The zero-order valence-electron chi connectivity index (χ0n) is 14.4. The van der Waals surface area contributed by atoms with E-state index >= 15 is 0 Å². The Balaban J connectivity index is 1.81. The van der Waals surface area contributed by atoms with Gasteiger partial charge in [0, 0.05) is 4.88 Å². The number of carbonyl (C=O) groups is 2. The summed E-state index contributed by atoms with van der Waals surface area (Å²) in [5.41, 5.74) is 1.59. The van der Waals surface area contributed by atoms with Crippen molar-refractivity contribution in [3.63, 3.8) is 0 Å². The zero-order valence-corrected chi connectivity index (χ0v) is 16.1.